The Balaban J connectivity index is 1.89. The van der Waals surface area contributed by atoms with Crippen molar-refractivity contribution < 1.29 is 19.0 Å². The SMILES string of the molecule is C=CCOc1c(I)cc(/C=c2/sc3n(c2=O)C(c2ccc(N(C)C)cc2)C(C(=O)OCC)=C(C)N=3)cc1OC. The number of halogens is 1. The van der Waals surface area contributed by atoms with Crippen LogP contribution in [0.15, 0.2) is 70.1 Å². The summed E-state index contributed by atoms with van der Waals surface area (Å²) in [6.45, 7) is 7.80. The molecule has 0 fully saturated rings. The second-order valence-electron chi connectivity index (χ2n) is 8.92. The van der Waals surface area contributed by atoms with Gasteiger partial charge in [-0.1, -0.05) is 36.1 Å². The Morgan fingerprint density at radius 3 is 2.59 bits per heavy atom. The number of thiazole rings is 1. The number of ether oxygens (including phenoxy) is 3. The van der Waals surface area contributed by atoms with Crippen molar-refractivity contribution in [2.45, 2.75) is 19.9 Å². The summed E-state index contributed by atoms with van der Waals surface area (Å²) in [5.41, 5.74) is 3.23. The quantitative estimate of drug-likeness (QED) is 0.196. The van der Waals surface area contributed by atoms with Crippen molar-refractivity contribution in [2.75, 3.05) is 39.3 Å². The van der Waals surface area contributed by atoms with E-state index in [1.54, 1.807) is 37.7 Å². The van der Waals surface area contributed by atoms with Crippen molar-refractivity contribution in [1.82, 2.24) is 4.57 Å². The summed E-state index contributed by atoms with van der Waals surface area (Å²) in [6.07, 6.45) is 3.47. The first-order valence-electron chi connectivity index (χ1n) is 12.3. The van der Waals surface area contributed by atoms with Gasteiger partial charge in [0.15, 0.2) is 16.3 Å². The summed E-state index contributed by atoms with van der Waals surface area (Å²) in [6, 6.07) is 10.9. The zero-order chi connectivity index (χ0) is 28.3. The third-order valence-corrected chi connectivity index (χ3v) is 7.92. The van der Waals surface area contributed by atoms with Crippen molar-refractivity contribution >= 4 is 51.7 Å². The minimum Gasteiger partial charge on any atom is -0.493 e. The fourth-order valence-corrected chi connectivity index (χ4v) is 6.15. The number of carbonyl (C=O) groups excluding carboxylic acids is 1. The molecule has 1 atom stereocenters. The molecular weight excluding hydrogens is 629 g/mol. The third-order valence-electron chi connectivity index (χ3n) is 6.14. The Morgan fingerprint density at radius 2 is 1.97 bits per heavy atom. The Labute approximate surface area is 244 Å². The van der Waals surface area contributed by atoms with Crippen LogP contribution in [0.1, 0.15) is 31.0 Å². The van der Waals surface area contributed by atoms with E-state index in [4.69, 9.17) is 14.2 Å². The molecule has 0 saturated carbocycles. The highest BCUT2D eigenvalue weighted by Crippen LogP contribution is 2.34. The first-order chi connectivity index (χ1) is 18.7. The van der Waals surface area contributed by atoms with Crippen molar-refractivity contribution in [1.29, 1.82) is 0 Å². The van der Waals surface area contributed by atoms with Gasteiger partial charge >= 0.3 is 5.97 Å². The normalized spacial score (nSPS) is 14.9. The molecule has 0 aliphatic carbocycles. The van der Waals surface area contributed by atoms with Gasteiger partial charge in [0.05, 0.1) is 39.1 Å². The molecule has 1 aliphatic heterocycles. The molecule has 1 unspecified atom stereocenters. The second-order valence-corrected chi connectivity index (χ2v) is 11.1. The summed E-state index contributed by atoms with van der Waals surface area (Å²) in [5, 5.41) is 0. The number of rotatable bonds is 9. The lowest BCUT2D eigenvalue weighted by atomic mass is 9.95. The predicted molar refractivity (Wildman–Crippen MR) is 163 cm³/mol. The van der Waals surface area contributed by atoms with Crippen LogP contribution in [0.2, 0.25) is 0 Å². The molecule has 0 spiro atoms. The van der Waals surface area contributed by atoms with Crippen LogP contribution in [0.5, 0.6) is 11.5 Å². The lowest BCUT2D eigenvalue weighted by Crippen LogP contribution is -2.39. The minimum atomic E-state index is -0.664. The molecule has 2 heterocycles. The van der Waals surface area contributed by atoms with E-state index in [0.29, 0.717) is 38.7 Å². The Kier molecular flexibility index (Phi) is 8.96. The second kappa shape index (κ2) is 12.2. The molecule has 0 bridgehead atoms. The molecule has 3 aromatic rings. The summed E-state index contributed by atoms with van der Waals surface area (Å²) in [5.74, 6) is 0.693. The highest BCUT2D eigenvalue weighted by molar-refractivity contribution is 14.1. The summed E-state index contributed by atoms with van der Waals surface area (Å²) >= 11 is 3.46. The first-order valence-corrected chi connectivity index (χ1v) is 14.2. The molecule has 4 rings (SSSR count). The average molecular weight is 660 g/mol. The lowest BCUT2D eigenvalue weighted by Gasteiger charge is -2.25. The number of anilines is 1. The molecule has 0 saturated heterocycles. The van der Waals surface area contributed by atoms with Gasteiger partial charge in [0.2, 0.25) is 0 Å². The van der Waals surface area contributed by atoms with Crippen LogP contribution in [-0.4, -0.2) is 45.0 Å². The summed E-state index contributed by atoms with van der Waals surface area (Å²) in [7, 11) is 5.49. The van der Waals surface area contributed by atoms with Crippen LogP contribution in [0.3, 0.4) is 0 Å². The number of fused-ring (bicyclic) bond motifs is 1. The van der Waals surface area contributed by atoms with Gasteiger partial charge in [0.1, 0.15) is 6.61 Å². The molecule has 0 amide bonds. The van der Waals surface area contributed by atoms with E-state index in [1.807, 2.05) is 55.4 Å². The Hall–Kier alpha value is -3.38. The number of hydrogen-bond acceptors (Lipinski definition) is 8. The summed E-state index contributed by atoms with van der Waals surface area (Å²) < 4.78 is 19.6. The van der Waals surface area contributed by atoms with Gasteiger partial charge in [-0.2, -0.15) is 0 Å². The number of nitrogens with zero attached hydrogens (tertiary/aromatic N) is 3. The zero-order valence-electron chi connectivity index (χ0n) is 22.5. The summed E-state index contributed by atoms with van der Waals surface area (Å²) in [4.78, 5) is 34.2. The monoisotopic (exact) mass is 659 g/mol. The van der Waals surface area contributed by atoms with Gasteiger partial charge in [-0.3, -0.25) is 9.36 Å². The topological polar surface area (TPSA) is 82.4 Å². The van der Waals surface area contributed by atoms with E-state index >= 15 is 0 Å². The van der Waals surface area contributed by atoms with Crippen molar-refractivity contribution in [3.8, 4) is 11.5 Å². The minimum absolute atomic E-state index is 0.222. The van der Waals surface area contributed by atoms with Crippen LogP contribution < -0.4 is 29.3 Å². The van der Waals surface area contributed by atoms with Gasteiger partial charge in [-0.25, -0.2) is 9.79 Å². The van der Waals surface area contributed by atoms with Gasteiger partial charge < -0.3 is 19.1 Å². The van der Waals surface area contributed by atoms with Crippen molar-refractivity contribution in [3.63, 3.8) is 0 Å². The maximum absolute atomic E-state index is 13.9. The fraction of sp³-hybridized carbons (Fsp3) is 0.276. The van der Waals surface area contributed by atoms with Crippen LogP contribution in [0.25, 0.3) is 6.08 Å². The van der Waals surface area contributed by atoms with Crippen LogP contribution >= 0.6 is 33.9 Å². The van der Waals surface area contributed by atoms with Gasteiger partial charge in [0, 0.05) is 19.8 Å². The maximum Gasteiger partial charge on any atom is 0.338 e. The molecule has 0 N–H and O–H groups in total. The molecule has 2 aromatic carbocycles. The van der Waals surface area contributed by atoms with E-state index in [-0.39, 0.29) is 12.2 Å². The number of carbonyl (C=O) groups is 1. The third kappa shape index (κ3) is 5.81. The molecule has 1 aliphatic rings. The van der Waals surface area contributed by atoms with Crippen molar-refractivity contribution in [2.24, 2.45) is 4.99 Å². The molecule has 10 heteroatoms. The van der Waals surface area contributed by atoms with Crippen LogP contribution in [-0.2, 0) is 9.53 Å². The fourth-order valence-electron chi connectivity index (χ4n) is 4.32. The standard InChI is InChI=1S/C29H30IN3O5S/c1-7-13-38-26-21(30)14-18(15-22(26)36-6)16-23-27(34)33-25(19-9-11-20(12-10-19)32(4)5)24(28(35)37-8-2)17(3)31-29(33)39-23/h7,9-12,14-16,25H,1,8,13H2,2-6H3/b23-16+. The molecular formula is C29H30IN3O5S. The number of esters is 1. The van der Waals surface area contributed by atoms with Crippen LogP contribution in [0.4, 0.5) is 5.69 Å². The van der Waals surface area contributed by atoms with E-state index in [2.05, 4.69) is 34.2 Å². The first kappa shape index (κ1) is 28.6. The van der Waals surface area contributed by atoms with E-state index in [1.165, 1.54) is 11.3 Å². The molecule has 204 valence electrons. The lowest BCUT2D eigenvalue weighted by molar-refractivity contribution is -0.139. The predicted octanol–water partition coefficient (Wildman–Crippen LogP) is 4.04. The number of hydrogen-bond donors (Lipinski definition) is 0. The molecule has 39 heavy (non-hydrogen) atoms. The van der Waals surface area contributed by atoms with Crippen LogP contribution in [0, 0.1) is 3.57 Å². The maximum atomic E-state index is 13.9. The average Bonchev–Trinajstić information content (AvgIpc) is 3.21. The molecule has 0 radical (unpaired) electrons. The van der Waals surface area contributed by atoms with E-state index in [0.717, 1.165) is 20.4 Å². The zero-order valence-corrected chi connectivity index (χ0v) is 25.5. The highest BCUT2D eigenvalue weighted by atomic mass is 127. The van der Waals surface area contributed by atoms with E-state index in [9.17, 15) is 9.59 Å². The molecule has 8 nitrogen and oxygen atoms in total. The highest BCUT2D eigenvalue weighted by Gasteiger charge is 2.33. The van der Waals surface area contributed by atoms with Gasteiger partial charge in [0.25, 0.3) is 5.56 Å². The number of aromatic nitrogens is 1. The van der Waals surface area contributed by atoms with Gasteiger partial charge in [-0.05, 0) is 77.9 Å². The van der Waals surface area contributed by atoms with Gasteiger partial charge in [-0.15, -0.1) is 0 Å². The Morgan fingerprint density at radius 1 is 1.26 bits per heavy atom. The largest absolute Gasteiger partial charge is 0.493 e. The Bertz CT molecular complexity index is 1620. The molecule has 1 aromatic heterocycles. The smallest absolute Gasteiger partial charge is 0.338 e. The number of allylic oxidation sites excluding steroid dienone is 1. The van der Waals surface area contributed by atoms with Crippen molar-refractivity contribution in [3.05, 3.63) is 94.7 Å². The number of benzene rings is 2. The number of methoxy groups -OCH3 is 1. The van der Waals surface area contributed by atoms with E-state index < -0.39 is 12.0 Å².